The Labute approximate surface area is 151 Å². The highest BCUT2D eigenvalue weighted by atomic mass is 35.5. The van der Waals surface area contributed by atoms with E-state index in [4.69, 9.17) is 16.0 Å². The van der Waals surface area contributed by atoms with Crippen molar-refractivity contribution in [3.63, 3.8) is 0 Å². The first-order valence-electron chi connectivity index (χ1n) is 8.16. The molecule has 2 aromatic carbocycles. The van der Waals surface area contributed by atoms with E-state index in [-0.39, 0.29) is 11.9 Å². The minimum absolute atomic E-state index is 0.0487. The van der Waals surface area contributed by atoms with E-state index in [9.17, 15) is 4.79 Å². The van der Waals surface area contributed by atoms with Crippen molar-refractivity contribution in [1.82, 2.24) is 5.32 Å². The van der Waals surface area contributed by atoms with Crippen molar-refractivity contribution in [2.24, 2.45) is 0 Å². The molecule has 0 aliphatic carbocycles. The van der Waals surface area contributed by atoms with Crippen LogP contribution in [0, 0.1) is 0 Å². The predicted molar refractivity (Wildman–Crippen MR) is 97.1 cm³/mol. The molecular formula is C20H20ClN2O2+. The van der Waals surface area contributed by atoms with Crippen LogP contribution in [0.4, 0.5) is 0 Å². The van der Waals surface area contributed by atoms with Crippen LogP contribution in [0.25, 0.3) is 0 Å². The zero-order valence-corrected chi connectivity index (χ0v) is 14.4. The van der Waals surface area contributed by atoms with Crippen molar-refractivity contribution >= 4 is 17.5 Å². The van der Waals surface area contributed by atoms with Crippen molar-refractivity contribution in [2.75, 3.05) is 6.54 Å². The molecule has 3 aromatic rings. The van der Waals surface area contributed by atoms with E-state index in [0.29, 0.717) is 18.1 Å². The molecule has 0 spiro atoms. The van der Waals surface area contributed by atoms with Crippen molar-refractivity contribution in [2.45, 2.75) is 12.6 Å². The second-order valence-electron chi connectivity index (χ2n) is 5.71. The monoisotopic (exact) mass is 355 g/mol. The lowest BCUT2D eigenvalue weighted by molar-refractivity contribution is -0.678. The smallest absolute Gasteiger partial charge is 0.275 e. The van der Waals surface area contributed by atoms with Gasteiger partial charge in [0.15, 0.2) is 18.3 Å². The van der Waals surface area contributed by atoms with E-state index < -0.39 is 0 Å². The van der Waals surface area contributed by atoms with Gasteiger partial charge < -0.3 is 15.1 Å². The Kier molecular flexibility index (Phi) is 5.88. The first-order chi connectivity index (χ1) is 12.2. The average molecular weight is 356 g/mol. The van der Waals surface area contributed by atoms with Crippen molar-refractivity contribution in [1.29, 1.82) is 0 Å². The lowest BCUT2D eigenvalue weighted by Crippen LogP contribution is -2.87. The van der Waals surface area contributed by atoms with Gasteiger partial charge in [-0.1, -0.05) is 60.1 Å². The number of nitrogens with one attached hydrogen (secondary N) is 1. The van der Waals surface area contributed by atoms with Crippen molar-refractivity contribution in [3.05, 3.63) is 94.9 Å². The number of carbonyl (C=O) groups is 1. The maximum Gasteiger partial charge on any atom is 0.275 e. The Morgan fingerprint density at radius 2 is 1.80 bits per heavy atom. The maximum absolute atomic E-state index is 12.2. The number of quaternary nitrogens is 1. The molecule has 0 aliphatic rings. The molecule has 0 aliphatic heterocycles. The van der Waals surface area contributed by atoms with E-state index >= 15 is 0 Å². The van der Waals surface area contributed by atoms with E-state index in [1.165, 1.54) is 0 Å². The van der Waals surface area contributed by atoms with Crippen LogP contribution in [0.1, 0.15) is 22.9 Å². The second kappa shape index (κ2) is 8.51. The third kappa shape index (κ3) is 4.72. The molecule has 1 atom stereocenters. The Morgan fingerprint density at radius 1 is 1.04 bits per heavy atom. The maximum atomic E-state index is 12.2. The van der Waals surface area contributed by atoms with E-state index in [2.05, 4.69) is 5.32 Å². The molecule has 1 aromatic heterocycles. The molecule has 0 radical (unpaired) electrons. The van der Waals surface area contributed by atoms with Crippen LogP contribution < -0.4 is 10.6 Å². The topological polar surface area (TPSA) is 58.9 Å². The summed E-state index contributed by atoms with van der Waals surface area (Å²) in [7, 11) is 0. The zero-order chi connectivity index (χ0) is 17.5. The van der Waals surface area contributed by atoms with Crippen LogP contribution in [0.3, 0.4) is 0 Å². The second-order valence-corrected chi connectivity index (χ2v) is 6.12. The number of hydrogen-bond donors (Lipinski definition) is 2. The molecule has 5 heteroatoms. The third-order valence-corrected chi connectivity index (χ3v) is 4.35. The Morgan fingerprint density at radius 3 is 2.52 bits per heavy atom. The van der Waals surface area contributed by atoms with Crippen molar-refractivity contribution in [3.8, 4) is 0 Å². The minimum atomic E-state index is -0.0535. The molecule has 3 rings (SSSR count). The Hall–Kier alpha value is -2.56. The van der Waals surface area contributed by atoms with Crippen LogP contribution >= 0.6 is 11.6 Å². The first-order valence-corrected chi connectivity index (χ1v) is 8.53. The van der Waals surface area contributed by atoms with Crippen LogP contribution in [0.2, 0.25) is 5.02 Å². The number of amides is 1. The lowest BCUT2D eigenvalue weighted by Gasteiger charge is -2.14. The third-order valence-electron chi connectivity index (χ3n) is 3.98. The van der Waals surface area contributed by atoms with E-state index in [1.807, 2.05) is 72.0 Å². The van der Waals surface area contributed by atoms with Gasteiger partial charge in [-0.25, -0.2) is 0 Å². The van der Waals surface area contributed by atoms with Gasteiger partial charge in [0, 0.05) is 17.1 Å². The Balaban J connectivity index is 1.60. The predicted octanol–water partition coefficient (Wildman–Crippen LogP) is 2.90. The molecule has 128 valence electrons. The SMILES string of the molecule is O=C(C[NH2+][C@H](c1ccccc1)c1ccco1)NCc1ccccc1Cl. The van der Waals surface area contributed by atoms with Crippen LogP contribution in [0.5, 0.6) is 0 Å². The first kappa shape index (κ1) is 17.3. The molecule has 0 bridgehead atoms. The fourth-order valence-electron chi connectivity index (χ4n) is 2.68. The quantitative estimate of drug-likeness (QED) is 0.684. The number of halogens is 1. The molecule has 3 N–H and O–H groups in total. The van der Waals surface area contributed by atoms with Gasteiger partial charge in [-0.15, -0.1) is 0 Å². The number of hydrogen-bond acceptors (Lipinski definition) is 2. The number of carbonyl (C=O) groups excluding carboxylic acids is 1. The Bertz CT molecular complexity index is 804. The molecule has 0 unspecified atom stereocenters. The number of nitrogens with two attached hydrogens (primary N) is 1. The van der Waals surface area contributed by atoms with Gasteiger partial charge in [0.1, 0.15) is 0 Å². The number of benzene rings is 2. The highest BCUT2D eigenvalue weighted by molar-refractivity contribution is 6.31. The molecule has 4 nitrogen and oxygen atoms in total. The molecule has 0 saturated carbocycles. The van der Waals surface area contributed by atoms with Gasteiger partial charge in [0.2, 0.25) is 0 Å². The summed E-state index contributed by atoms with van der Waals surface area (Å²) >= 11 is 6.11. The molecule has 1 amide bonds. The van der Waals surface area contributed by atoms with Crippen LogP contribution in [0.15, 0.2) is 77.4 Å². The molecular weight excluding hydrogens is 336 g/mol. The summed E-state index contributed by atoms with van der Waals surface area (Å²) in [6, 6.07) is 21.2. The summed E-state index contributed by atoms with van der Waals surface area (Å²) in [4.78, 5) is 12.2. The summed E-state index contributed by atoms with van der Waals surface area (Å²) in [5.41, 5.74) is 2.00. The van der Waals surface area contributed by atoms with Gasteiger partial charge in [-0.3, -0.25) is 4.79 Å². The summed E-state index contributed by atoms with van der Waals surface area (Å²) in [5, 5.41) is 5.53. The van der Waals surface area contributed by atoms with Gasteiger partial charge in [-0.05, 0) is 23.8 Å². The van der Waals surface area contributed by atoms with Crippen LogP contribution in [-0.4, -0.2) is 12.5 Å². The summed E-state index contributed by atoms with van der Waals surface area (Å²) < 4.78 is 5.55. The van der Waals surface area contributed by atoms with Crippen molar-refractivity contribution < 1.29 is 14.5 Å². The lowest BCUT2D eigenvalue weighted by atomic mass is 10.0. The summed E-state index contributed by atoms with van der Waals surface area (Å²) in [5.74, 6) is 0.775. The molecule has 1 heterocycles. The van der Waals surface area contributed by atoms with Crippen LogP contribution in [-0.2, 0) is 11.3 Å². The largest absolute Gasteiger partial charge is 0.463 e. The van der Waals surface area contributed by atoms with Gasteiger partial charge >= 0.3 is 0 Å². The van der Waals surface area contributed by atoms with E-state index in [1.54, 1.807) is 6.26 Å². The molecule has 25 heavy (non-hydrogen) atoms. The highest BCUT2D eigenvalue weighted by Gasteiger charge is 2.21. The van der Waals surface area contributed by atoms with Gasteiger partial charge in [0.25, 0.3) is 5.91 Å². The summed E-state index contributed by atoms with van der Waals surface area (Å²) in [6.45, 7) is 0.716. The standard InChI is InChI=1S/C20H19ClN2O2/c21-17-10-5-4-9-16(17)13-22-19(24)14-23-20(18-11-6-12-25-18)15-7-2-1-3-8-15/h1-12,20,23H,13-14H2,(H,22,24)/p+1/t20-/m1/s1. The highest BCUT2D eigenvalue weighted by Crippen LogP contribution is 2.18. The fourth-order valence-corrected chi connectivity index (χ4v) is 2.88. The molecule has 0 saturated heterocycles. The summed E-state index contributed by atoms with van der Waals surface area (Å²) in [6.07, 6.45) is 1.65. The molecule has 0 fully saturated rings. The average Bonchev–Trinajstić information content (AvgIpc) is 3.16. The minimum Gasteiger partial charge on any atom is -0.463 e. The fraction of sp³-hybridized carbons (Fsp3) is 0.150. The van der Waals surface area contributed by atoms with Gasteiger partial charge in [0.05, 0.1) is 6.26 Å². The zero-order valence-electron chi connectivity index (χ0n) is 13.7. The normalized spacial score (nSPS) is 11.9. The van der Waals surface area contributed by atoms with Gasteiger partial charge in [-0.2, -0.15) is 0 Å². The van der Waals surface area contributed by atoms with E-state index in [0.717, 1.165) is 16.9 Å². The number of furan rings is 1. The number of rotatable bonds is 7.